The first kappa shape index (κ1) is 18.1. The van der Waals surface area contributed by atoms with E-state index < -0.39 is 10.0 Å². The van der Waals surface area contributed by atoms with Crippen molar-refractivity contribution in [1.82, 2.24) is 19.5 Å². The van der Waals surface area contributed by atoms with Crippen LogP contribution < -0.4 is 9.62 Å². The van der Waals surface area contributed by atoms with Crippen molar-refractivity contribution in [2.24, 2.45) is 0 Å². The summed E-state index contributed by atoms with van der Waals surface area (Å²) >= 11 is 0. The molecule has 0 aliphatic carbocycles. The highest BCUT2D eigenvalue weighted by Gasteiger charge is 2.29. The first-order valence-corrected chi connectivity index (χ1v) is 10.2. The highest BCUT2D eigenvalue weighted by molar-refractivity contribution is 7.92. The predicted molar refractivity (Wildman–Crippen MR) is 103 cm³/mol. The molecule has 0 unspecified atom stereocenters. The van der Waals surface area contributed by atoms with E-state index in [9.17, 15) is 13.2 Å². The Morgan fingerprint density at radius 3 is 2.71 bits per heavy atom. The van der Waals surface area contributed by atoms with Crippen molar-refractivity contribution in [1.29, 1.82) is 0 Å². The molecule has 0 saturated carbocycles. The Hall–Kier alpha value is -3.27. The molecule has 28 heavy (non-hydrogen) atoms. The molecule has 144 valence electrons. The fourth-order valence-electron chi connectivity index (χ4n) is 3.17. The van der Waals surface area contributed by atoms with Gasteiger partial charge in [-0.3, -0.25) is 4.79 Å². The van der Waals surface area contributed by atoms with Gasteiger partial charge in [0.15, 0.2) is 5.82 Å². The van der Waals surface area contributed by atoms with Crippen LogP contribution in [0.5, 0.6) is 0 Å². The minimum atomic E-state index is -3.82. The van der Waals surface area contributed by atoms with Crippen LogP contribution in [0.25, 0.3) is 0 Å². The Morgan fingerprint density at radius 1 is 1.18 bits per heavy atom. The molecule has 0 radical (unpaired) electrons. The molecule has 1 aliphatic heterocycles. The third-order valence-corrected chi connectivity index (χ3v) is 5.87. The number of aromatic nitrogens is 4. The van der Waals surface area contributed by atoms with Gasteiger partial charge in [0.25, 0.3) is 15.9 Å². The standard InChI is InChI=1S/C18H18N6O3S/c1-2-23-11-9-19-16(23)17(25)24-10-6-13-12-14(4-5-15(13)24)28(26,27)22-18-20-7-3-8-21-18/h3-5,7-9,11-12H,2,6,10H2,1H3,(H,20,21,22). The second-order valence-electron chi connectivity index (χ2n) is 6.21. The monoisotopic (exact) mass is 398 g/mol. The molecule has 0 spiro atoms. The van der Waals surface area contributed by atoms with Crippen LogP contribution in [-0.2, 0) is 23.0 Å². The van der Waals surface area contributed by atoms with Crippen LogP contribution in [0.15, 0.2) is 53.9 Å². The molecule has 0 bridgehead atoms. The number of fused-ring (bicyclic) bond motifs is 1. The molecule has 0 atom stereocenters. The summed E-state index contributed by atoms with van der Waals surface area (Å²) < 4.78 is 29.3. The lowest BCUT2D eigenvalue weighted by Gasteiger charge is -2.17. The minimum absolute atomic E-state index is 0.00575. The number of anilines is 2. The lowest BCUT2D eigenvalue weighted by atomic mass is 10.2. The van der Waals surface area contributed by atoms with E-state index in [-0.39, 0.29) is 16.8 Å². The number of nitrogens with one attached hydrogen (secondary N) is 1. The van der Waals surface area contributed by atoms with Gasteiger partial charge < -0.3 is 9.47 Å². The van der Waals surface area contributed by atoms with Gasteiger partial charge in [0.1, 0.15) is 0 Å². The van der Waals surface area contributed by atoms with E-state index in [0.717, 1.165) is 5.56 Å². The lowest BCUT2D eigenvalue weighted by Crippen LogP contribution is -2.31. The topological polar surface area (TPSA) is 110 Å². The maximum Gasteiger partial charge on any atom is 0.294 e. The van der Waals surface area contributed by atoms with Gasteiger partial charge in [0, 0.05) is 43.6 Å². The number of hydrogen-bond donors (Lipinski definition) is 1. The molecule has 3 aromatic rings. The van der Waals surface area contributed by atoms with Crippen molar-refractivity contribution in [3.63, 3.8) is 0 Å². The molecule has 0 saturated heterocycles. The fraction of sp³-hybridized carbons (Fsp3) is 0.222. The summed E-state index contributed by atoms with van der Waals surface area (Å²) in [6.07, 6.45) is 6.84. The number of imidazole rings is 1. The highest BCUT2D eigenvalue weighted by atomic mass is 32.2. The number of benzene rings is 1. The average Bonchev–Trinajstić information content (AvgIpc) is 3.34. The van der Waals surface area contributed by atoms with E-state index in [1.165, 1.54) is 18.5 Å². The molecule has 4 rings (SSSR count). The minimum Gasteiger partial charge on any atom is -0.327 e. The van der Waals surface area contributed by atoms with Crippen LogP contribution in [0.3, 0.4) is 0 Å². The Kier molecular flexibility index (Phi) is 4.55. The van der Waals surface area contributed by atoms with Crippen molar-refractivity contribution in [2.45, 2.75) is 24.8 Å². The second kappa shape index (κ2) is 7.04. The van der Waals surface area contributed by atoms with E-state index in [2.05, 4.69) is 19.7 Å². The molecule has 2 aromatic heterocycles. The number of sulfonamides is 1. The van der Waals surface area contributed by atoms with Crippen molar-refractivity contribution in [3.8, 4) is 0 Å². The third-order valence-electron chi connectivity index (χ3n) is 4.54. The van der Waals surface area contributed by atoms with Gasteiger partial charge >= 0.3 is 0 Å². The van der Waals surface area contributed by atoms with Crippen LogP contribution in [0.4, 0.5) is 11.6 Å². The number of amides is 1. The summed E-state index contributed by atoms with van der Waals surface area (Å²) in [6, 6.07) is 6.31. The van der Waals surface area contributed by atoms with Gasteiger partial charge in [0.2, 0.25) is 5.95 Å². The molecular weight excluding hydrogens is 380 g/mol. The quantitative estimate of drug-likeness (QED) is 0.700. The van der Waals surface area contributed by atoms with Crippen LogP contribution in [-0.4, -0.2) is 40.4 Å². The van der Waals surface area contributed by atoms with Gasteiger partial charge in [-0.25, -0.2) is 28.1 Å². The van der Waals surface area contributed by atoms with Crippen molar-refractivity contribution in [3.05, 3.63) is 60.4 Å². The summed E-state index contributed by atoms with van der Waals surface area (Å²) in [7, 11) is -3.82. The number of carbonyl (C=O) groups is 1. The van der Waals surface area contributed by atoms with Crippen LogP contribution in [0, 0.1) is 0 Å². The van der Waals surface area contributed by atoms with Gasteiger partial charge in [-0.05, 0) is 43.2 Å². The third kappa shape index (κ3) is 3.22. The zero-order valence-electron chi connectivity index (χ0n) is 15.1. The molecular formula is C18H18N6O3S. The number of carbonyl (C=O) groups excluding carboxylic acids is 1. The smallest absolute Gasteiger partial charge is 0.294 e. The number of hydrogen-bond acceptors (Lipinski definition) is 6. The Morgan fingerprint density at radius 2 is 1.96 bits per heavy atom. The van der Waals surface area contributed by atoms with E-state index in [1.54, 1.807) is 40.1 Å². The summed E-state index contributed by atoms with van der Waals surface area (Å²) in [5.41, 5.74) is 1.49. The van der Waals surface area contributed by atoms with Crippen molar-refractivity contribution < 1.29 is 13.2 Å². The van der Waals surface area contributed by atoms with Gasteiger partial charge in [-0.2, -0.15) is 0 Å². The van der Waals surface area contributed by atoms with Crippen molar-refractivity contribution in [2.75, 3.05) is 16.2 Å². The Balaban J connectivity index is 1.61. The second-order valence-corrected chi connectivity index (χ2v) is 7.89. The molecule has 9 nitrogen and oxygen atoms in total. The lowest BCUT2D eigenvalue weighted by molar-refractivity contribution is 0.0975. The number of rotatable bonds is 5. The van der Waals surface area contributed by atoms with E-state index in [4.69, 9.17) is 0 Å². The molecule has 10 heteroatoms. The normalized spacial score (nSPS) is 13.4. The maximum absolute atomic E-state index is 12.9. The number of nitrogens with zero attached hydrogens (tertiary/aromatic N) is 5. The molecule has 3 heterocycles. The fourth-order valence-corrected chi connectivity index (χ4v) is 4.18. The number of aryl methyl sites for hydroxylation is 1. The Labute approximate surface area is 162 Å². The zero-order valence-corrected chi connectivity index (χ0v) is 15.9. The van der Waals surface area contributed by atoms with Crippen LogP contribution >= 0.6 is 0 Å². The van der Waals surface area contributed by atoms with E-state index in [0.29, 0.717) is 31.0 Å². The largest absolute Gasteiger partial charge is 0.327 e. The van der Waals surface area contributed by atoms with Gasteiger partial charge in [0.05, 0.1) is 4.90 Å². The Bertz CT molecular complexity index is 1130. The summed E-state index contributed by atoms with van der Waals surface area (Å²) in [4.78, 5) is 26.5. The zero-order chi connectivity index (χ0) is 19.7. The highest BCUT2D eigenvalue weighted by Crippen LogP contribution is 2.31. The summed E-state index contributed by atoms with van der Waals surface area (Å²) in [6.45, 7) is 3.06. The van der Waals surface area contributed by atoms with E-state index >= 15 is 0 Å². The first-order chi connectivity index (χ1) is 13.5. The van der Waals surface area contributed by atoms with Gasteiger partial charge in [-0.15, -0.1) is 0 Å². The molecule has 1 aliphatic rings. The SMILES string of the molecule is CCn1ccnc1C(=O)N1CCc2cc(S(=O)(=O)Nc3ncccn3)ccc21. The van der Waals surface area contributed by atoms with Gasteiger partial charge in [-0.1, -0.05) is 0 Å². The summed E-state index contributed by atoms with van der Waals surface area (Å²) in [5, 5.41) is 0. The van der Waals surface area contributed by atoms with E-state index in [1.807, 2.05) is 6.92 Å². The van der Waals surface area contributed by atoms with Crippen molar-refractivity contribution >= 4 is 27.6 Å². The van der Waals surface area contributed by atoms with Crippen LogP contribution in [0.2, 0.25) is 0 Å². The molecule has 1 aromatic carbocycles. The maximum atomic E-state index is 12.9. The molecule has 0 fully saturated rings. The van der Waals surface area contributed by atoms with Crippen LogP contribution in [0.1, 0.15) is 23.1 Å². The molecule has 1 amide bonds. The predicted octanol–water partition coefficient (Wildman–Crippen LogP) is 1.70. The molecule has 1 N–H and O–H groups in total. The first-order valence-electron chi connectivity index (χ1n) is 8.75. The average molecular weight is 398 g/mol. The summed E-state index contributed by atoms with van der Waals surface area (Å²) in [5.74, 6) is 0.179.